The van der Waals surface area contributed by atoms with Crippen LogP contribution in [0.5, 0.6) is 0 Å². The van der Waals surface area contributed by atoms with Gasteiger partial charge in [-0.1, -0.05) is 18.2 Å². The first kappa shape index (κ1) is 14.2. The van der Waals surface area contributed by atoms with Crippen LogP contribution in [0.4, 0.5) is 9.18 Å². The smallest absolute Gasteiger partial charge is 0.407 e. The first-order valence-corrected chi connectivity index (χ1v) is 7.03. The summed E-state index contributed by atoms with van der Waals surface area (Å²) < 4.78 is 40.7. The standard InChI is InChI=1S/C12H10FNO5S/c13-11(15)6-14-12(16)19-7-9-5-8-3-1-2-4-10(8)20(9,17)18/h1-5H,6-7H2,(H,14,16). The second-order valence-corrected chi connectivity index (χ2v) is 5.91. The lowest BCUT2D eigenvalue weighted by Crippen LogP contribution is -2.29. The Morgan fingerprint density at radius 2 is 1.95 bits per heavy atom. The molecule has 1 aliphatic rings. The number of halogens is 1. The first-order valence-electron chi connectivity index (χ1n) is 5.55. The second kappa shape index (κ2) is 5.41. The van der Waals surface area contributed by atoms with Crippen LogP contribution >= 0.6 is 0 Å². The summed E-state index contributed by atoms with van der Waals surface area (Å²) in [7, 11) is -3.66. The zero-order chi connectivity index (χ0) is 14.8. The van der Waals surface area contributed by atoms with E-state index in [1.54, 1.807) is 18.2 Å². The number of alkyl carbamates (subject to hydrolysis) is 1. The molecule has 0 radical (unpaired) electrons. The minimum Gasteiger partial charge on any atom is -0.444 e. The predicted molar refractivity (Wildman–Crippen MR) is 67.1 cm³/mol. The van der Waals surface area contributed by atoms with Gasteiger partial charge in [0.05, 0.1) is 9.80 Å². The van der Waals surface area contributed by atoms with Crippen molar-refractivity contribution < 1.29 is 27.1 Å². The van der Waals surface area contributed by atoms with Gasteiger partial charge in [0, 0.05) is 0 Å². The third-order valence-corrected chi connectivity index (χ3v) is 4.46. The van der Waals surface area contributed by atoms with E-state index in [1.807, 2.05) is 5.32 Å². The highest BCUT2D eigenvalue weighted by Crippen LogP contribution is 2.32. The molecule has 1 heterocycles. The number of ether oxygens (including phenoxy) is 1. The van der Waals surface area contributed by atoms with Crippen LogP contribution in [0, 0.1) is 0 Å². The summed E-state index contributed by atoms with van der Waals surface area (Å²) in [4.78, 5) is 21.2. The largest absolute Gasteiger partial charge is 0.444 e. The van der Waals surface area contributed by atoms with Gasteiger partial charge >= 0.3 is 12.1 Å². The Balaban J connectivity index is 2.02. The number of hydrogen-bond donors (Lipinski definition) is 1. The number of amides is 1. The lowest BCUT2D eigenvalue weighted by atomic mass is 10.2. The van der Waals surface area contributed by atoms with Gasteiger partial charge < -0.3 is 10.1 Å². The molecule has 2 rings (SSSR count). The average Bonchev–Trinajstić information content (AvgIpc) is 2.66. The molecular formula is C12H10FNO5S. The number of hydrogen-bond acceptors (Lipinski definition) is 5. The summed E-state index contributed by atoms with van der Waals surface area (Å²) in [6, 6.07) is 4.64. The third kappa shape index (κ3) is 2.85. The summed E-state index contributed by atoms with van der Waals surface area (Å²) in [5, 5.41) is 1.85. The van der Waals surface area contributed by atoms with Crippen molar-refractivity contribution in [3.63, 3.8) is 0 Å². The van der Waals surface area contributed by atoms with E-state index in [9.17, 15) is 22.4 Å². The fourth-order valence-electron chi connectivity index (χ4n) is 1.69. The van der Waals surface area contributed by atoms with Gasteiger partial charge in [0.25, 0.3) is 0 Å². The molecule has 0 unspecified atom stereocenters. The van der Waals surface area contributed by atoms with Crippen LogP contribution in [0.3, 0.4) is 0 Å². The van der Waals surface area contributed by atoms with Gasteiger partial charge in [0.1, 0.15) is 13.2 Å². The molecule has 1 N–H and O–H groups in total. The molecule has 0 saturated heterocycles. The quantitative estimate of drug-likeness (QED) is 0.839. The zero-order valence-electron chi connectivity index (χ0n) is 10.1. The number of nitrogens with one attached hydrogen (secondary N) is 1. The summed E-state index contributed by atoms with van der Waals surface area (Å²) >= 11 is 0. The van der Waals surface area contributed by atoms with E-state index in [1.165, 1.54) is 12.1 Å². The fourth-order valence-corrected chi connectivity index (χ4v) is 3.16. The fraction of sp³-hybridized carbons (Fsp3) is 0.167. The van der Waals surface area contributed by atoms with Crippen molar-refractivity contribution in [1.82, 2.24) is 5.32 Å². The maximum Gasteiger partial charge on any atom is 0.407 e. The number of carbonyl (C=O) groups is 2. The molecule has 0 aliphatic carbocycles. The van der Waals surface area contributed by atoms with Gasteiger partial charge in [-0.25, -0.2) is 13.2 Å². The molecule has 20 heavy (non-hydrogen) atoms. The number of rotatable bonds is 4. The molecule has 1 amide bonds. The molecule has 0 bridgehead atoms. The Bertz CT molecular complexity index is 696. The van der Waals surface area contributed by atoms with E-state index >= 15 is 0 Å². The SMILES string of the molecule is O=C(F)CNC(=O)OCC1=Cc2ccccc2S1(=O)=O. The number of benzene rings is 1. The van der Waals surface area contributed by atoms with E-state index in [0.29, 0.717) is 5.56 Å². The molecule has 106 valence electrons. The minimum atomic E-state index is -3.66. The summed E-state index contributed by atoms with van der Waals surface area (Å²) in [6.45, 7) is -1.30. The molecule has 1 aromatic rings. The van der Waals surface area contributed by atoms with Gasteiger partial charge in [-0.3, -0.25) is 4.79 Å². The summed E-state index contributed by atoms with van der Waals surface area (Å²) in [6.07, 6.45) is 0.334. The van der Waals surface area contributed by atoms with Crippen molar-refractivity contribution in [1.29, 1.82) is 0 Å². The van der Waals surface area contributed by atoms with Crippen LogP contribution in [0.2, 0.25) is 0 Å². The van der Waals surface area contributed by atoms with Crippen molar-refractivity contribution in [2.75, 3.05) is 13.2 Å². The molecule has 0 fully saturated rings. The molecule has 0 atom stereocenters. The average molecular weight is 299 g/mol. The summed E-state index contributed by atoms with van der Waals surface area (Å²) in [5.41, 5.74) is 0.519. The van der Waals surface area contributed by atoms with Crippen molar-refractivity contribution in [2.24, 2.45) is 0 Å². The lowest BCUT2D eigenvalue weighted by molar-refractivity contribution is -0.128. The van der Waals surface area contributed by atoms with E-state index in [0.717, 1.165) is 0 Å². The lowest BCUT2D eigenvalue weighted by Gasteiger charge is -2.06. The van der Waals surface area contributed by atoms with Crippen LogP contribution in [0.25, 0.3) is 6.08 Å². The number of fused-ring (bicyclic) bond motifs is 1. The Kier molecular flexibility index (Phi) is 3.84. The maximum absolute atomic E-state index is 12.1. The zero-order valence-corrected chi connectivity index (χ0v) is 10.9. The third-order valence-electron chi connectivity index (χ3n) is 2.59. The maximum atomic E-state index is 12.1. The van der Waals surface area contributed by atoms with Gasteiger partial charge in [-0.2, -0.15) is 4.39 Å². The van der Waals surface area contributed by atoms with Crippen LogP contribution in [-0.2, 0) is 19.4 Å². The molecule has 0 saturated carbocycles. The number of carbonyl (C=O) groups excluding carboxylic acids is 2. The number of sulfone groups is 1. The monoisotopic (exact) mass is 299 g/mol. The minimum absolute atomic E-state index is 0.0691. The van der Waals surface area contributed by atoms with Gasteiger partial charge in [-0.05, 0) is 17.7 Å². The van der Waals surface area contributed by atoms with Gasteiger partial charge in [0.2, 0.25) is 9.84 Å². The van der Waals surface area contributed by atoms with Crippen LogP contribution in [0.1, 0.15) is 5.56 Å². The highest BCUT2D eigenvalue weighted by molar-refractivity contribution is 7.95. The highest BCUT2D eigenvalue weighted by atomic mass is 32.2. The van der Waals surface area contributed by atoms with Crippen molar-refractivity contribution in [3.05, 3.63) is 34.7 Å². The van der Waals surface area contributed by atoms with Crippen molar-refractivity contribution in [3.8, 4) is 0 Å². The van der Waals surface area contributed by atoms with E-state index in [4.69, 9.17) is 0 Å². The van der Waals surface area contributed by atoms with Crippen molar-refractivity contribution in [2.45, 2.75) is 4.90 Å². The predicted octanol–water partition coefficient (Wildman–Crippen LogP) is 1.04. The first-order chi connectivity index (χ1) is 9.41. The van der Waals surface area contributed by atoms with Crippen LogP contribution in [-0.4, -0.2) is 33.7 Å². The molecule has 1 aliphatic heterocycles. The van der Waals surface area contributed by atoms with Crippen molar-refractivity contribution >= 4 is 28.0 Å². The molecular weight excluding hydrogens is 289 g/mol. The highest BCUT2D eigenvalue weighted by Gasteiger charge is 2.29. The Hall–Kier alpha value is -2.22. The normalized spacial score (nSPS) is 15.2. The van der Waals surface area contributed by atoms with E-state index < -0.39 is 35.1 Å². The topological polar surface area (TPSA) is 89.5 Å². The van der Waals surface area contributed by atoms with Crippen LogP contribution < -0.4 is 5.32 Å². The molecule has 8 heteroatoms. The van der Waals surface area contributed by atoms with E-state index in [2.05, 4.69) is 4.74 Å². The van der Waals surface area contributed by atoms with Gasteiger partial charge in [-0.15, -0.1) is 0 Å². The molecule has 6 nitrogen and oxygen atoms in total. The van der Waals surface area contributed by atoms with Crippen LogP contribution in [0.15, 0.2) is 34.1 Å². The Labute approximate surface area is 114 Å². The van der Waals surface area contributed by atoms with Gasteiger partial charge in [0.15, 0.2) is 0 Å². The Morgan fingerprint density at radius 1 is 1.25 bits per heavy atom. The Morgan fingerprint density at radius 3 is 2.60 bits per heavy atom. The summed E-state index contributed by atoms with van der Waals surface area (Å²) in [5.74, 6) is 0. The molecule has 0 spiro atoms. The second-order valence-electron chi connectivity index (χ2n) is 3.94. The van der Waals surface area contributed by atoms with E-state index in [-0.39, 0.29) is 9.80 Å². The molecule has 0 aromatic heterocycles. The molecule has 1 aromatic carbocycles.